The lowest BCUT2D eigenvalue weighted by atomic mass is 10.2. The number of pyridine rings is 1. The topological polar surface area (TPSA) is 86.1 Å². The first-order valence-corrected chi connectivity index (χ1v) is 11.8. The zero-order chi connectivity index (χ0) is 22.5. The number of hydrogen-bond donors (Lipinski definition) is 1. The molecule has 3 aromatic heterocycles. The number of carbonyl (C=O) groups is 1. The molecule has 0 aliphatic heterocycles. The molecule has 0 unspecified atom stereocenters. The third-order valence-electron chi connectivity index (χ3n) is 4.83. The number of amides is 1. The summed E-state index contributed by atoms with van der Waals surface area (Å²) in [5.74, 6) is 0.507. The number of carbonyl (C=O) groups excluding carboxylic acids is 1. The Hall–Kier alpha value is -3.17. The van der Waals surface area contributed by atoms with Gasteiger partial charge in [-0.3, -0.25) is 19.1 Å². The highest BCUT2D eigenvalue weighted by Gasteiger charge is 2.23. The molecule has 7 nitrogen and oxygen atoms in total. The lowest BCUT2D eigenvalue weighted by Gasteiger charge is -2.17. The van der Waals surface area contributed by atoms with E-state index < -0.39 is 5.25 Å². The Bertz CT molecular complexity index is 1290. The van der Waals surface area contributed by atoms with Crippen LogP contribution >= 0.6 is 23.1 Å². The first-order valence-electron chi connectivity index (χ1n) is 10.1. The standard InChI is InChI=1S/C23H22N4O3S2/c1-3-19(21(28)25-15-8-6-9-17(13-15)30-2)32-23-26-18-10-12-31-20(18)22(29)27(23)14-16-7-4-5-11-24-16/h4-13,19H,3,14H2,1-2H3,(H,25,28)/t19-/m1/s1. The first-order chi connectivity index (χ1) is 15.6. The summed E-state index contributed by atoms with van der Waals surface area (Å²) in [6, 6.07) is 14.6. The maximum absolute atomic E-state index is 13.2. The van der Waals surface area contributed by atoms with Gasteiger partial charge in [0.05, 0.1) is 30.1 Å². The summed E-state index contributed by atoms with van der Waals surface area (Å²) in [5.41, 5.74) is 1.92. The molecule has 32 heavy (non-hydrogen) atoms. The van der Waals surface area contributed by atoms with E-state index in [9.17, 15) is 9.59 Å². The van der Waals surface area contributed by atoms with Crippen molar-refractivity contribution in [2.75, 3.05) is 12.4 Å². The first kappa shape index (κ1) is 22.0. The van der Waals surface area contributed by atoms with E-state index in [1.807, 2.05) is 54.8 Å². The lowest BCUT2D eigenvalue weighted by Crippen LogP contribution is -2.28. The van der Waals surface area contributed by atoms with Crippen LogP contribution in [0.5, 0.6) is 5.75 Å². The predicted octanol–water partition coefficient (Wildman–Crippen LogP) is 4.42. The number of benzene rings is 1. The molecule has 164 valence electrons. The van der Waals surface area contributed by atoms with Crippen LogP contribution in [0.15, 0.2) is 70.1 Å². The molecule has 0 saturated carbocycles. The summed E-state index contributed by atoms with van der Waals surface area (Å²) >= 11 is 2.66. The summed E-state index contributed by atoms with van der Waals surface area (Å²) in [6.45, 7) is 2.23. The molecular weight excluding hydrogens is 444 g/mol. The molecule has 0 fully saturated rings. The fourth-order valence-corrected chi connectivity index (χ4v) is 4.97. The second-order valence-corrected chi connectivity index (χ2v) is 9.06. The van der Waals surface area contributed by atoms with Gasteiger partial charge in [-0.1, -0.05) is 30.8 Å². The summed E-state index contributed by atoms with van der Waals surface area (Å²) in [7, 11) is 1.58. The van der Waals surface area contributed by atoms with Gasteiger partial charge < -0.3 is 10.1 Å². The summed E-state index contributed by atoms with van der Waals surface area (Å²) in [4.78, 5) is 35.3. The molecule has 1 atom stereocenters. The molecule has 4 aromatic rings. The van der Waals surface area contributed by atoms with Crippen molar-refractivity contribution in [2.45, 2.75) is 30.3 Å². The zero-order valence-electron chi connectivity index (χ0n) is 17.6. The van der Waals surface area contributed by atoms with Crippen molar-refractivity contribution in [3.8, 4) is 5.75 Å². The number of anilines is 1. The molecule has 0 aliphatic carbocycles. The van der Waals surface area contributed by atoms with E-state index in [1.165, 1.54) is 23.1 Å². The fraction of sp³-hybridized carbons (Fsp3) is 0.217. The number of hydrogen-bond acceptors (Lipinski definition) is 7. The highest BCUT2D eigenvalue weighted by molar-refractivity contribution is 8.00. The van der Waals surface area contributed by atoms with Gasteiger partial charge in [0.2, 0.25) is 5.91 Å². The highest BCUT2D eigenvalue weighted by Crippen LogP contribution is 2.28. The number of nitrogens with zero attached hydrogens (tertiary/aromatic N) is 3. The van der Waals surface area contributed by atoms with E-state index >= 15 is 0 Å². The maximum Gasteiger partial charge on any atom is 0.272 e. The van der Waals surface area contributed by atoms with E-state index in [0.717, 1.165) is 5.69 Å². The second kappa shape index (κ2) is 9.97. The van der Waals surface area contributed by atoms with Crippen LogP contribution in [0.25, 0.3) is 10.2 Å². The van der Waals surface area contributed by atoms with Gasteiger partial charge in [0.15, 0.2) is 5.16 Å². The lowest BCUT2D eigenvalue weighted by molar-refractivity contribution is -0.115. The molecule has 4 rings (SSSR count). The summed E-state index contributed by atoms with van der Waals surface area (Å²) in [6.07, 6.45) is 2.27. The number of nitrogens with one attached hydrogen (secondary N) is 1. The van der Waals surface area contributed by atoms with Crippen LogP contribution in [0.2, 0.25) is 0 Å². The largest absolute Gasteiger partial charge is 0.497 e. The Morgan fingerprint density at radius 1 is 1.25 bits per heavy atom. The third kappa shape index (κ3) is 4.84. The monoisotopic (exact) mass is 466 g/mol. The Labute approximate surface area is 193 Å². The number of aromatic nitrogens is 3. The molecule has 1 N–H and O–H groups in total. The maximum atomic E-state index is 13.2. The molecule has 0 bridgehead atoms. The molecule has 1 amide bonds. The van der Waals surface area contributed by atoms with Crippen molar-refractivity contribution >= 4 is 44.9 Å². The van der Waals surface area contributed by atoms with Gasteiger partial charge in [-0.15, -0.1) is 11.3 Å². The van der Waals surface area contributed by atoms with Crippen LogP contribution < -0.4 is 15.6 Å². The normalized spacial score (nSPS) is 11.9. The quantitative estimate of drug-likeness (QED) is 0.306. The van der Waals surface area contributed by atoms with Crippen LogP contribution in [0.4, 0.5) is 5.69 Å². The predicted molar refractivity (Wildman–Crippen MR) is 129 cm³/mol. The highest BCUT2D eigenvalue weighted by atomic mass is 32.2. The van der Waals surface area contributed by atoms with E-state index in [4.69, 9.17) is 9.72 Å². The van der Waals surface area contributed by atoms with E-state index in [-0.39, 0.29) is 18.0 Å². The van der Waals surface area contributed by atoms with Crippen molar-refractivity contribution < 1.29 is 9.53 Å². The fourth-order valence-electron chi connectivity index (χ4n) is 3.18. The third-order valence-corrected chi connectivity index (χ3v) is 7.07. The van der Waals surface area contributed by atoms with Crippen molar-refractivity contribution in [1.82, 2.24) is 14.5 Å². The van der Waals surface area contributed by atoms with Crippen molar-refractivity contribution in [3.05, 3.63) is 76.2 Å². The summed E-state index contributed by atoms with van der Waals surface area (Å²) < 4.78 is 7.43. The van der Waals surface area contributed by atoms with Crippen LogP contribution in [-0.2, 0) is 11.3 Å². The minimum Gasteiger partial charge on any atom is -0.497 e. The Morgan fingerprint density at radius 3 is 2.88 bits per heavy atom. The zero-order valence-corrected chi connectivity index (χ0v) is 19.3. The van der Waals surface area contributed by atoms with E-state index in [1.54, 1.807) is 23.9 Å². The van der Waals surface area contributed by atoms with Crippen molar-refractivity contribution in [2.24, 2.45) is 0 Å². The van der Waals surface area contributed by atoms with Gasteiger partial charge >= 0.3 is 0 Å². The van der Waals surface area contributed by atoms with Crippen LogP contribution in [0.3, 0.4) is 0 Å². The number of ether oxygens (including phenoxy) is 1. The molecule has 1 aromatic carbocycles. The number of thiophene rings is 1. The molecule has 0 aliphatic rings. The number of methoxy groups -OCH3 is 1. The minimum absolute atomic E-state index is 0.124. The summed E-state index contributed by atoms with van der Waals surface area (Å²) in [5, 5.41) is 4.86. The Morgan fingerprint density at radius 2 is 2.12 bits per heavy atom. The van der Waals surface area contributed by atoms with Gasteiger partial charge in [0.1, 0.15) is 10.4 Å². The molecule has 0 spiro atoms. The number of fused-ring (bicyclic) bond motifs is 1. The van der Waals surface area contributed by atoms with E-state index in [2.05, 4.69) is 10.3 Å². The van der Waals surface area contributed by atoms with Crippen molar-refractivity contribution in [3.63, 3.8) is 0 Å². The van der Waals surface area contributed by atoms with Crippen LogP contribution in [-0.4, -0.2) is 32.8 Å². The minimum atomic E-state index is -0.431. The van der Waals surface area contributed by atoms with Crippen LogP contribution in [0.1, 0.15) is 19.0 Å². The number of thioether (sulfide) groups is 1. The molecular formula is C23H22N4O3S2. The molecule has 3 heterocycles. The molecule has 0 saturated heterocycles. The van der Waals surface area contributed by atoms with Gasteiger partial charge in [-0.2, -0.15) is 0 Å². The Kier molecular flexibility index (Phi) is 6.87. The number of rotatable bonds is 8. The SMILES string of the molecule is CC[C@@H](Sc1nc2ccsc2c(=O)n1Cc1ccccn1)C(=O)Nc1cccc(OC)c1. The van der Waals surface area contributed by atoms with Gasteiger partial charge in [0.25, 0.3) is 5.56 Å². The van der Waals surface area contributed by atoms with E-state index in [0.29, 0.717) is 33.2 Å². The van der Waals surface area contributed by atoms with Gasteiger partial charge in [-0.05, 0) is 42.1 Å². The van der Waals surface area contributed by atoms with Crippen molar-refractivity contribution in [1.29, 1.82) is 0 Å². The smallest absolute Gasteiger partial charge is 0.272 e. The van der Waals surface area contributed by atoms with Gasteiger partial charge in [0, 0.05) is 18.0 Å². The molecule has 9 heteroatoms. The second-order valence-electron chi connectivity index (χ2n) is 6.98. The molecule has 0 radical (unpaired) electrons. The average molecular weight is 467 g/mol. The van der Waals surface area contributed by atoms with Crippen LogP contribution in [0, 0.1) is 0 Å². The van der Waals surface area contributed by atoms with Gasteiger partial charge in [-0.25, -0.2) is 4.98 Å². The average Bonchev–Trinajstić information content (AvgIpc) is 3.29. The Balaban J connectivity index is 1.64.